The van der Waals surface area contributed by atoms with Gasteiger partial charge in [0.1, 0.15) is 23.5 Å². The van der Waals surface area contributed by atoms with Crippen molar-refractivity contribution in [2.45, 2.75) is 52.7 Å². The van der Waals surface area contributed by atoms with Crippen LogP contribution in [-0.2, 0) is 17.9 Å². The van der Waals surface area contributed by atoms with E-state index in [2.05, 4.69) is 15.6 Å². The number of nitrogens with one attached hydrogen (secondary N) is 2. The molecule has 0 radical (unpaired) electrons. The molecule has 0 bridgehead atoms. The largest absolute Gasteiger partial charge is 0.357 e. The summed E-state index contributed by atoms with van der Waals surface area (Å²) in [6.07, 6.45) is 1.18. The van der Waals surface area contributed by atoms with Crippen LogP contribution in [0.15, 0.2) is 12.1 Å². The molecule has 1 atom stereocenters. The summed E-state index contributed by atoms with van der Waals surface area (Å²) in [4.78, 5) is 32.3. The van der Waals surface area contributed by atoms with Gasteiger partial charge in [-0.05, 0) is 37.9 Å². The molecule has 1 aliphatic rings. The van der Waals surface area contributed by atoms with E-state index in [1.54, 1.807) is 4.57 Å². The summed E-state index contributed by atoms with van der Waals surface area (Å²) in [7, 11) is 3.44. The molecule has 0 aliphatic carbocycles. The molecule has 2 amide bonds. The van der Waals surface area contributed by atoms with Gasteiger partial charge in [-0.2, -0.15) is 0 Å². The van der Waals surface area contributed by atoms with Gasteiger partial charge in [-0.15, -0.1) is 0 Å². The SMILES string of the molecule is CNC(=O)C(CC(C)(C)C)NC(=O)c1nc(-c2cc(Cl)c(F)cc2F)n2c1CN(C)CCC2. The number of fused-ring (bicyclic) bond motifs is 1. The molecule has 1 aliphatic heterocycles. The van der Waals surface area contributed by atoms with E-state index < -0.39 is 23.6 Å². The monoisotopic (exact) mass is 481 g/mol. The third-order valence-corrected chi connectivity index (χ3v) is 5.85. The molecule has 7 nitrogen and oxygen atoms in total. The van der Waals surface area contributed by atoms with E-state index in [1.807, 2.05) is 32.7 Å². The smallest absolute Gasteiger partial charge is 0.272 e. The molecule has 2 N–H and O–H groups in total. The van der Waals surface area contributed by atoms with Gasteiger partial charge in [0, 0.05) is 26.2 Å². The first-order chi connectivity index (χ1) is 15.4. The standard InChI is InChI=1S/C23H30ClF2N5O2/c1-23(2,3)11-17(21(32)27-4)28-22(33)19-18-12-30(5)7-6-8-31(18)20(29-19)13-9-14(24)16(26)10-15(13)25/h9-10,17H,6-8,11-12H2,1-5H3,(H,27,32)(H,28,33). The lowest BCUT2D eigenvalue weighted by molar-refractivity contribution is -0.123. The molecule has 33 heavy (non-hydrogen) atoms. The minimum Gasteiger partial charge on any atom is -0.357 e. The Kier molecular flexibility index (Phi) is 7.43. The summed E-state index contributed by atoms with van der Waals surface area (Å²) in [6, 6.07) is 1.14. The highest BCUT2D eigenvalue weighted by molar-refractivity contribution is 6.31. The average Bonchev–Trinajstić information content (AvgIpc) is 2.94. The highest BCUT2D eigenvalue weighted by atomic mass is 35.5. The van der Waals surface area contributed by atoms with E-state index in [1.165, 1.54) is 13.1 Å². The van der Waals surface area contributed by atoms with Crippen molar-refractivity contribution in [3.05, 3.63) is 40.2 Å². The van der Waals surface area contributed by atoms with Gasteiger partial charge in [0.15, 0.2) is 5.69 Å². The van der Waals surface area contributed by atoms with E-state index in [4.69, 9.17) is 11.6 Å². The lowest BCUT2D eigenvalue weighted by Crippen LogP contribution is -2.47. The molecule has 0 saturated carbocycles. The molecule has 1 aromatic carbocycles. The van der Waals surface area contributed by atoms with Crippen LogP contribution in [0.5, 0.6) is 0 Å². The molecule has 1 aromatic heterocycles. The van der Waals surface area contributed by atoms with Gasteiger partial charge >= 0.3 is 0 Å². The lowest BCUT2D eigenvalue weighted by atomic mass is 9.87. The number of aromatic nitrogens is 2. The van der Waals surface area contributed by atoms with Crippen molar-refractivity contribution in [1.29, 1.82) is 0 Å². The van der Waals surface area contributed by atoms with Crippen LogP contribution in [0.3, 0.4) is 0 Å². The maximum absolute atomic E-state index is 14.7. The minimum atomic E-state index is -0.867. The Balaban J connectivity index is 2.07. The van der Waals surface area contributed by atoms with Crippen LogP contribution < -0.4 is 10.6 Å². The van der Waals surface area contributed by atoms with Crippen LogP contribution in [0, 0.1) is 17.0 Å². The van der Waals surface area contributed by atoms with Gasteiger partial charge < -0.3 is 20.1 Å². The number of halogens is 3. The number of amides is 2. The Labute approximate surface area is 197 Å². The molecule has 1 unspecified atom stereocenters. The maximum atomic E-state index is 14.7. The Bertz CT molecular complexity index is 1060. The number of likely N-dealkylation sites (N-methyl/N-ethyl adjacent to an activating group) is 1. The van der Waals surface area contributed by atoms with E-state index in [0.717, 1.165) is 13.0 Å². The fraction of sp³-hybridized carbons (Fsp3) is 0.522. The lowest BCUT2D eigenvalue weighted by Gasteiger charge is -2.25. The first kappa shape index (κ1) is 25.1. The molecule has 10 heteroatoms. The van der Waals surface area contributed by atoms with Crippen molar-refractivity contribution < 1.29 is 18.4 Å². The predicted molar refractivity (Wildman–Crippen MR) is 123 cm³/mol. The van der Waals surface area contributed by atoms with Crippen LogP contribution in [0.4, 0.5) is 8.78 Å². The number of imidazole rings is 1. The zero-order valence-corrected chi connectivity index (χ0v) is 20.3. The van der Waals surface area contributed by atoms with Crippen molar-refractivity contribution >= 4 is 23.4 Å². The molecule has 0 saturated heterocycles. The second kappa shape index (κ2) is 9.77. The van der Waals surface area contributed by atoms with Gasteiger partial charge in [-0.1, -0.05) is 32.4 Å². The zero-order valence-electron chi connectivity index (χ0n) is 19.6. The van der Waals surface area contributed by atoms with E-state index in [0.29, 0.717) is 31.3 Å². The fourth-order valence-electron chi connectivity index (χ4n) is 4.02. The molecular formula is C23H30ClF2N5O2. The first-order valence-electron chi connectivity index (χ1n) is 10.9. The van der Waals surface area contributed by atoms with E-state index in [9.17, 15) is 18.4 Å². The Morgan fingerprint density at radius 1 is 1.21 bits per heavy atom. The Hall–Kier alpha value is -2.52. The van der Waals surface area contributed by atoms with Gasteiger partial charge in [0.25, 0.3) is 5.91 Å². The highest BCUT2D eigenvalue weighted by Crippen LogP contribution is 2.31. The molecule has 2 aromatic rings. The van der Waals surface area contributed by atoms with Crippen molar-refractivity contribution in [2.24, 2.45) is 5.41 Å². The van der Waals surface area contributed by atoms with Crippen LogP contribution in [0.1, 0.15) is 49.8 Å². The van der Waals surface area contributed by atoms with Gasteiger partial charge in [-0.25, -0.2) is 13.8 Å². The average molecular weight is 482 g/mol. The number of rotatable bonds is 5. The summed E-state index contributed by atoms with van der Waals surface area (Å²) in [6.45, 7) is 7.63. The van der Waals surface area contributed by atoms with Crippen LogP contribution in [-0.4, -0.2) is 52.9 Å². The van der Waals surface area contributed by atoms with Crippen LogP contribution in [0.2, 0.25) is 5.02 Å². The van der Waals surface area contributed by atoms with Gasteiger partial charge in [0.2, 0.25) is 5.91 Å². The molecule has 0 spiro atoms. The van der Waals surface area contributed by atoms with Crippen molar-refractivity contribution in [3.63, 3.8) is 0 Å². The maximum Gasteiger partial charge on any atom is 0.272 e. The summed E-state index contributed by atoms with van der Waals surface area (Å²) < 4.78 is 30.2. The van der Waals surface area contributed by atoms with E-state index in [-0.39, 0.29) is 33.4 Å². The third kappa shape index (κ3) is 5.70. The van der Waals surface area contributed by atoms with Crippen LogP contribution in [0.25, 0.3) is 11.4 Å². The second-order valence-corrected chi connectivity index (χ2v) is 10.0. The number of carbonyl (C=O) groups is 2. The van der Waals surface area contributed by atoms with Gasteiger partial charge in [-0.3, -0.25) is 9.59 Å². The summed E-state index contributed by atoms with van der Waals surface area (Å²) in [5, 5.41) is 5.16. The molecule has 2 heterocycles. The van der Waals surface area contributed by atoms with E-state index >= 15 is 0 Å². The number of nitrogens with zero attached hydrogens (tertiary/aromatic N) is 3. The summed E-state index contributed by atoms with van der Waals surface area (Å²) >= 11 is 5.91. The van der Waals surface area contributed by atoms with Crippen molar-refractivity contribution in [1.82, 2.24) is 25.1 Å². The predicted octanol–water partition coefficient (Wildman–Crippen LogP) is 3.60. The normalized spacial score (nSPS) is 15.5. The third-order valence-electron chi connectivity index (χ3n) is 5.56. The number of carbonyl (C=O) groups excluding carboxylic acids is 2. The fourth-order valence-corrected chi connectivity index (χ4v) is 4.19. The summed E-state index contributed by atoms with van der Waals surface area (Å²) in [5.41, 5.74) is 0.522. The Morgan fingerprint density at radius 2 is 1.91 bits per heavy atom. The molecular weight excluding hydrogens is 452 g/mol. The summed E-state index contributed by atoms with van der Waals surface area (Å²) in [5.74, 6) is -2.31. The number of hydrogen-bond donors (Lipinski definition) is 2. The Morgan fingerprint density at radius 3 is 2.55 bits per heavy atom. The minimum absolute atomic E-state index is 0.0174. The highest BCUT2D eigenvalue weighted by Gasteiger charge is 2.31. The quantitative estimate of drug-likeness (QED) is 0.639. The first-order valence-corrected chi connectivity index (χ1v) is 11.2. The molecule has 180 valence electrons. The van der Waals surface area contributed by atoms with Gasteiger partial charge in [0.05, 0.1) is 16.3 Å². The zero-order chi connectivity index (χ0) is 24.5. The second-order valence-electron chi connectivity index (χ2n) is 9.62. The number of hydrogen-bond acceptors (Lipinski definition) is 4. The number of benzene rings is 1. The molecule has 3 rings (SSSR count). The molecule has 0 fully saturated rings. The van der Waals surface area contributed by atoms with Crippen LogP contribution >= 0.6 is 11.6 Å². The van der Waals surface area contributed by atoms with Crippen molar-refractivity contribution in [3.8, 4) is 11.4 Å². The topological polar surface area (TPSA) is 79.3 Å². The van der Waals surface area contributed by atoms with Crippen molar-refractivity contribution in [2.75, 3.05) is 20.6 Å².